The topological polar surface area (TPSA) is 40.5 Å². The number of piperidine rings is 1. The standard InChI is InChI=1S/C14H19NO2/c1-11-8-13(5-4-12(11)9-16)15-7-3-6-14(2,17)10-15/h4-5,8-9,17H,3,6-7,10H2,1-2H3. The van der Waals surface area contributed by atoms with Crippen molar-refractivity contribution in [2.45, 2.75) is 32.3 Å². The van der Waals surface area contributed by atoms with Gasteiger partial charge in [-0.25, -0.2) is 0 Å². The van der Waals surface area contributed by atoms with Gasteiger partial charge in [-0.15, -0.1) is 0 Å². The van der Waals surface area contributed by atoms with E-state index in [-0.39, 0.29) is 0 Å². The molecule has 2 rings (SSSR count). The number of aldehydes is 1. The van der Waals surface area contributed by atoms with E-state index < -0.39 is 5.60 Å². The van der Waals surface area contributed by atoms with E-state index in [4.69, 9.17) is 0 Å². The number of nitrogens with zero attached hydrogens (tertiary/aromatic N) is 1. The number of rotatable bonds is 2. The fourth-order valence-electron chi connectivity index (χ4n) is 2.43. The van der Waals surface area contributed by atoms with E-state index in [1.54, 1.807) is 0 Å². The summed E-state index contributed by atoms with van der Waals surface area (Å²) in [6, 6.07) is 5.82. The molecule has 1 unspecified atom stereocenters. The molecule has 3 heteroatoms. The van der Waals surface area contributed by atoms with Crippen molar-refractivity contribution in [2.75, 3.05) is 18.0 Å². The summed E-state index contributed by atoms with van der Waals surface area (Å²) in [4.78, 5) is 12.9. The molecule has 1 fully saturated rings. The number of carbonyl (C=O) groups excluding carboxylic acids is 1. The van der Waals surface area contributed by atoms with E-state index in [9.17, 15) is 9.90 Å². The lowest BCUT2D eigenvalue weighted by Crippen LogP contribution is -2.46. The maximum Gasteiger partial charge on any atom is 0.150 e. The largest absolute Gasteiger partial charge is 0.388 e. The summed E-state index contributed by atoms with van der Waals surface area (Å²) in [5.41, 5.74) is 2.21. The molecule has 0 bridgehead atoms. The van der Waals surface area contributed by atoms with Crippen LogP contribution in [0.3, 0.4) is 0 Å². The lowest BCUT2D eigenvalue weighted by Gasteiger charge is -2.38. The molecule has 1 atom stereocenters. The number of aliphatic hydroxyl groups is 1. The molecule has 1 aromatic rings. The Hall–Kier alpha value is -1.35. The molecule has 1 aliphatic heterocycles. The van der Waals surface area contributed by atoms with Crippen LogP contribution in [-0.2, 0) is 0 Å². The molecule has 1 aliphatic rings. The fraction of sp³-hybridized carbons (Fsp3) is 0.500. The number of hydrogen-bond donors (Lipinski definition) is 1. The summed E-state index contributed by atoms with van der Waals surface area (Å²) in [5.74, 6) is 0. The van der Waals surface area contributed by atoms with Gasteiger partial charge in [0.2, 0.25) is 0 Å². The lowest BCUT2D eigenvalue weighted by molar-refractivity contribution is 0.0449. The van der Waals surface area contributed by atoms with E-state index in [0.717, 1.165) is 42.5 Å². The molecule has 1 saturated heterocycles. The SMILES string of the molecule is Cc1cc(N2CCCC(C)(O)C2)ccc1C=O. The zero-order valence-corrected chi connectivity index (χ0v) is 10.4. The first-order chi connectivity index (χ1) is 8.02. The second kappa shape index (κ2) is 4.49. The molecule has 0 spiro atoms. The second-order valence-corrected chi connectivity index (χ2v) is 5.18. The van der Waals surface area contributed by atoms with Crippen LogP contribution in [0.25, 0.3) is 0 Å². The highest BCUT2D eigenvalue weighted by Gasteiger charge is 2.28. The first-order valence-corrected chi connectivity index (χ1v) is 6.05. The minimum absolute atomic E-state index is 0.602. The average Bonchev–Trinajstić information content (AvgIpc) is 2.27. The Labute approximate surface area is 102 Å². The van der Waals surface area contributed by atoms with Gasteiger partial charge in [0.15, 0.2) is 0 Å². The Balaban J connectivity index is 2.22. The predicted octanol–water partition coefficient (Wildman–Crippen LogP) is 2.16. The molecular formula is C14H19NO2. The van der Waals surface area contributed by atoms with Crippen LogP contribution >= 0.6 is 0 Å². The van der Waals surface area contributed by atoms with Gasteiger partial charge in [-0.1, -0.05) is 0 Å². The van der Waals surface area contributed by atoms with Gasteiger partial charge in [-0.2, -0.15) is 0 Å². The highest BCUT2D eigenvalue weighted by molar-refractivity contribution is 5.78. The molecule has 17 heavy (non-hydrogen) atoms. The van der Waals surface area contributed by atoms with Gasteiger partial charge in [0.1, 0.15) is 6.29 Å². The van der Waals surface area contributed by atoms with Gasteiger partial charge >= 0.3 is 0 Å². The van der Waals surface area contributed by atoms with Crippen molar-refractivity contribution in [2.24, 2.45) is 0 Å². The van der Waals surface area contributed by atoms with Crippen LogP contribution in [0, 0.1) is 6.92 Å². The van der Waals surface area contributed by atoms with Crippen LogP contribution < -0.4 is 4.90 Å². The molecule has 3 nitrogen and oxygen atoms in total. The number of anilines is 1. The van der Waals surface area contributed by atoms with Crippen molar-refractivity contribution >= 4 is 12.0 Å². The highest BCUT2D eigenvalue weighted by atomic mass is 16.3. The summed E-state index contributed by atoms with van der Waals surface area (Å²) < 4.78 is 0. The van der Waals surface area contributed by atoms with Gasteiger partial charge in [0.05, 0.1) is 5.60 Å². The quantitative estimate of drug-likeness (QED) is 0.796. The van der Waals surface area contributed by atoms with Gasteiger partial charge < -0.3 is 10.0 Å². The Morgan fingerprint density at radius 3 is 2.82 bits per heavy atom. The van der Waals surface area contributed by atoms with Crippen LogP contribution in [0.5, 0.6) is 0 Å². The number of carbonyl (C=O) groups is 1. The smallest absolute Gasteiger partial charge is 0.150 e. The van der Waals surface area contributed by atoms with Crippen molar-refractivity contribution in [3.63, 3.8) is 0 Å². The van der Waals surface area contributed by atoms with Gasteiger partial charge in [-0.05, 0) is 50.5 Å². The number of benzene rings is 1. The van der Waals surface area contributed by atoms with Gasteiger partial charge in [0, 0.05) is 24.3 Å². The molecule has 1 aromatic carbocycles. The summed E-state index contributed by atoms with van der Waals surface area (Å²) in [6.45, 7) is 5.45. The lowest BCUT2D eigenvalue weighted by atomic mass is 9.94. The molecule has 1 N–H and O–H groups in total. The van der Waals surface area contributed by atoms with Gasteiger partial charge in [0.25, 0.3) is 0 Å². The molecule has 0 radical (unpaired) electrons. The Kier molecular flexibility index (Phi) is 3.20. The third-order valence-electron chi connectivity index (χ3n) is 3.42. The normalized spacial score (nSPS) is 24.8. The maximum atomic E-state index is 10.8. The number of hydrogen-bond acceptors (Lipinski definition) is 3. The minimum Gasteiger partial charge on any atom is -0.388 e. The Bertz CT molecular complexity index is 426. The first-order valence-electron chi connectivity index (χ1n) is 6.05. The summed E-state index contributed by atoms with van der Waals surface area (Å²) >= 11 is 0. The molecule has 92 valence electrons. The number of β-amino-alcohol motifs (C(OH)–C–C–N with tert-alkyl or cyclic N) is 1. The van der Waals surface area contributed by atoms with Crippen LogP contribution in [0.1, 0.15) is 35.7 Å². The van der Waals surface area contributed by atoms with Crippen molar-refractivity contribution in [3.8, 4) is 0 Å². The second-order valence-electron chi connectivity index (χ2n) is 5.18. The minimum atomic E-state index is -0.602. The van der Waals surface area contributed by atoms with E-state index in [2.05, 4.69) is 4.90 Å². The van der Waals surface area contributed by atoms with E-state index in [1.165, 1.54) is 0 Å². The zero-order valence-electron chi connectivity index (χ0n) is 10.4. The summed E-state index contributed by atoms with van der Waals surface area (Å²) in [6.07, 6.45) is 2.74. The maximum absolute atomic E-state index is 10.8. The average molecular weight is 233 g/mol. The van der Waals surface area contributed by atoms with Crippen LogP contribution in [0.4, 0.5) is 5.69 Å². The van der Waals surface area contributed by atoms with Crippen molar-refractivity contribution in [3.05, 3.63) is 29.3 Å². The number of aryl methyl sites for hydroxylation is 1. The van der Waals surface area contributed by atoms with Crippen LogP contribution in [-0.4, -0.2) is 30.1 Å². The Morgan fingerprint density at radius 1 is 1.47 bits per heavy atom. The van der Waals surface area contributed by atoms with Crippen molar-refractivity contribution in [1.82, 2.24) is 0 Å². The molecule has 0 amide bonds. The third kappa shape index (κ3) is 2.67. The van der Waals surface area contributed by atoms with E-state index in [1.807, 2.05) is 32.0 Å². The van der Waals surface area contributed by atoms with E-state index in [0.29, 0.717) is 6.54 Å². The monoisotopic (exact) mass is 233 g/mol. The highest BCUT2D eigenvalue weighted by Crippen LogP contribution is 2.26. The van der Waals surface area contributed by atoms with E-state index >= 15 is 0 Å². The fourth-order valence-corrected chi connectivity index (χ4v) is 2.43. The van der Waals surface area contributed by atoms with Crippen molar-refractivity contribution < 1.29 is 9.90 Å². The molecule has 0 saturated carbocycles. The third-order valence-corrected chi connectivity index (χ3v) is 3.42. The molecular weight excluding hydrogens is 214 g/mol. The predicted molar refractivity (Wildman–Crippen MR) is 68.6 cm³/mol. The first kappa shape index (κ1) is 12.1. The van der Waals surface area contributed by atoms with Crippen LogP contribution in [0.2, 0.25) is 0 Å². The van der Waals surface area contributed by atoms with Gasteiger partial charge in [-0.3, -0.25) is 4.79 Å². The Morgan fingerprint density at radius 2 is 2.24 bits per heavy atom. The summed E-state index contributed by atoms with van der Waals surface area (Å²) in [5, 5.41) is 10.1. The molecule has 1 heterocycles. The molecule has 0 aliphatic carbocycles. The summed E-state index contributed by atoms with van der Waals surface area (Å²) in [7, 11) is 0. The zero-order chi connectivity index (χ0) is 12.5. The van der Waals surface area contributed by atoms with Crippen molar-refractivity contribution in [1.29, 1.82) is 0 Å². The molecule has 0 aromatic heterocycles. The van der Waals surface area contributed by atoms with Crippen LogP contribution in [0.15, 0.2) is 18.2 Å².